The molecule has 0 saturated heterocycles. The molecular formula is C32H44N3O9P. The van der Waals surface area contributed by atoms with Gasteiger partial charge in [0.05, 0.1) is 25.5 Å². The molecule has 0 heterocycles. The predicted molar refractivity (Wildman–Crippen MR) is 167 cm³/mol. The maximum atomic E-state index is 12.5. The van der Waals surface area contributed by atoms with Crippen molar-refractivity contribution in [1.82, 2.24) is 10.6 Å². The zero-order valence-corrected chi connectivity index (χ0v) is 26.7. The molecule has 2 fully saturated rings. The van der Waals surface area contributed by atoms with Crippen LogP contribution in [0.1, 0.15) is 79.3 Å². The summed E-state index contributed by atoms with van der Waals surface area (Å²) < 4.78 is 27.6. The summed E-state index contributed by atoms with van der Waals surface area (Å²) in [6.45, 7) is 3.37. The summed E-state index contributed by atoms with van der Waals surface area (Å²) in [6, 6.07) is 8.41. The van der Waals surface area contributed by atoms with Crippen molar-refractivity contribution in [3.8, 4) is 17.2 Å². The number of phosphoric ester groups is 1. The third-order valence-electron chi connectivity index (χ3n) is 10.1. The van der Waals surface area contributed by atoms with E-state index in [1.54, 1.807) is 12.1 Å². The lowest BCUT2D eigenvalue weighted by Crippen LogP contribution is -2.45. The molecule has 45 heavy (non-hydrogen) atoms. The number of benzene rings is 2. The van der Waals surface area contributed by atoms with Crippen LogP contribution in [-0.2, 0) is 20.5 Å². The normalized spacial score (nSPS) is 25.4. The van der Waals surface area contributed by atoms with Crippen molar-refractivity contribution in [1.29, 1.82) is 0 Å². The molecule has 12 nitrogen and oxygen atoms in total. The van der Waals surface area contributed by atoms with Gasteiger partial charge in [-0.2, -0.15) is 0 Å². The molecule has 2 amide bonds. The second-order valence-electron chi connectivity index (χ2n) is 12.6. The highest BCUT2D eigenvalue weighted by Crippen LogP contribution is 2.61. The number of carbonyl (C=O) groups is 2. The highest BCUT2D eigenvalue weighted by atomic mass is 31.2. The molecule has 0 spiro atoms. The van der Waals surface area contributed by atoms with Crippen molar-refractivity contribution in [3.63, 3.8) is 0 Å². The molecule has 0 bridgehead atoms. The predicted octanol–water partition coefficient (Wildman–Crippen LogP) is 4.02. The van der Waals surface area contributed by atoms with Crippen molar-refractivity contribution in [2.24, 2.45) is 17.3 Å². The topological polar surface area (TPSA) is 190 Å². The van der Waals surface area contributed by atoms with E-state index in [9.17, 15) is 29.0 Å². The van der Waals surface area contributed by atoms with E-state index in [-0.39, 0.29) is 52.3 Å². The zero-order valence-electron chi connectivity index (χ0n) is 25.8. The highest BCUT2D eigenvalue weighted by Gasteiger charge is 2.55. The number of rotatable bonds is 12. The lowest BCUT2D eigenvalue weighted by molar-refractivity contribution is -0.124. The molecule has 5 unspecified atom stereocenters. The molecule has 3 aliphatic carbocycles. The number of methoxy groups -OCH3 is 1. The highest BCUT2D eigenvalue weighted by molar-refractivity contribution is 7.46. The average molecular weight is 646 g/mol. The van der Waals surface area contributed by atoms with Gasteiger partial charge in [-0.3, -0.25) is 19.4 Å². The molecule has 5 atom stereocenters. The third-order valence-corrected chi connectivity index (χ3v) is 10.5. The van der Waals surface area contributed by atoms with Crippen LogP contribution in [-0.4, -0.2) is 59.6 Å². The summed E-state index contributed by atoms with van der Waals surface area (Å²) in [5, 5.41) is 15.8. The van der Waals surface area contributed by atoms with Gasteiger partial charge in [0.1, 0.15) is 17.1 Å². The van der Waals surface area contributed by atoms with Gasteiger partial charge < -0.3 is 35.5 Å². The van der Waals surface area contributed by atoms with Gasteiger partial charge in [0.15, 0.2) is 5.75 Å². The number of phosphoric acid groups is 1. The number of aryl methyl sites for hydroxylation is 1. The van der Waals surface area contributed by atoms with E-state index in [0.717, 1.165) is 44.1 Å². The van der Waals surface area contributed by atoms with Crippen LogP contribution in [0.3, 0.4) is 0 Å². The fraction of sp³-hybridized carbons (Fsp3) is 0.562. The summed E-state index contributed by atoms with van der Waals surface area (Å²) in [4.78, 5) is 43.4. The molecule has 7 N–H and O–H groups in total. The largest absolute Gasteiger partial charge is 0.524 e. The van der Waals surface area contributed by atoms with E-state index in [4.69, 9.17) is 19.7 Å². The van der Waals surface area contributed by atoms with Crippen LogP contribution >= 0.6 is 7.82 Å². The first kappa shape index (κ1) is 33.1. The minimum atomic E-state index is -4.59. The number of ether oxygens (including phenoxy) is 2. The lowest BCUT2D eigenvalue weighted by atomic mass is 9.55. The van der Waals surface area contributed by atoms with E-state index >= 15 is 0 Å². The van der Waals surface area contributed by atoms with Crippen LogP contribution in [0.2, 0.25) is 0 Å². The molecule has 3 aliphatic rings. The van der Waals surface area contributed by atoms with E-state index in [1.807, 2.05) is 6.07 Å². The first-order valence-electron chi connectivity index (χ1n) is 15.6. The number of hydrogen-bond acceptors (Lipinski definition) is 8. The van der Waals surface area contributed by atoms with Crippen molar-refractivity contribution < 1.29 is 43.0 Å². The average Bonchev–Trinajstić information content (AvgIpc) is 3.33. The quantitative estimate of drug-likeness (QED) is 0.0851. The van der Waals surface area contributed by atoms with Crippen LogP contribution in [0, 0.1) is 17.3 Å². The molecule has 0 aliphatic heterocycles. The number of anilines is 1. The summed E-state index contributed by atoms with van der Waals surface area (Å²) in [6.07, 6.45) is 6.88. The zero-order chi connectivity index (χ0) is 32.4. The monoisotopic (exact) mass is 645 g/mol. The van der Waals surface area contributed by atoms with Crippen LogP contribution in [0.25, 0.3) is 0 Å². The second kappa shape index (κ2) is 13.6. The van der Waals surface area contributed by atoms with Crippen molar-refractivity contribution >= 4 is 25.3 Å². The van der Waals surface area contributed by atoms with E-state index in [0.29, 0.717) is 43.9 Å². The van der Waals surface area contributed by atoms with Gasteiger partial charge in [-0.1, -0.05) is 13.0 Å². The Morgan fingerprint density at radius 1 is 1.09 bits per heavy atom. The molecule has 0 radical (unpaired) electrons. The fourth-order valence-electron chi connectivity index (χ4n) is 7.95. The Bertz CT molecular complexity index is 1460. The number of nitrogens with two attached hydrogens (primary N) is 1. The van der Waals surface area contributed by atoms with Crippen LogP contribution in [0.5, 0.6) is 17.2 Å². The number of aromatic hydroxyl groups is 1. The minimum Gasteiger partial charge on any atom is -0.505 e. The van der Waals surface area contributed by atoms with Gasteiger partial charge in [-0.05, 0) is 104 Å². The number of amides is 2. The summed E-state index contributed by atoms with van der Waals surface area (Å²) in [7, 11) is -3.19. The summed E-state index contributed by atoms with van der Waals surface area (Å²) in [5.41, 5.74) is 8.21. The van der Waals surface area contributed by atoms with Gasteiger partial charge in [0.2, 0.25) is 5.91 Å². The smallest absolute Gasteiger partial charge is 0.505 e. The number of fused-ring (bicyclic) bond motifs is 5. The van der Waals surface area contributed by atoms with Crippen LogP contribution in [0.15, 0.2) is 30.3 Å². The van der Waals surface area contributed by atoms with Crippen LogP contribution < -0.4 is 25.6 Å². The fourth-order valence-corrected chi connectivity index (χ4v) is 8.33. The third kappa shape index (κ3) is 7.25. The molecule has 246 valence electrons. The Morgan fingerprint density at radius 3 is 2.62 bits per heavy atom. The molecule has 13 heteroatoms. The number of carbonyl (C=O) groups excluding carboxylic acids is 2. The minimum absolute atomic E-state index is 0.0203. The number of phenols is 1. The Hall–Kier alpha value is -3.31. The van der Waals surface area contributed by atoms with Gasteiger partial charge in [-0.15, -0.1) is 0 Å². The summed E-state index contributed by atoms with van der Waals surface area (Å²) >= 11 is 0. The Balaban J connectivity index is 1.04. The molecule has 2 aromatic carbocycles. The van der Waals surface area contributed by atoms with Gasteiger partial charge >= 0.3 is 7.82 Å². The van der Waals surface area contributed by atoms with Gasteiger partial charge in [0.25, 0.3) is 5.91 Å². The number of phenolic OH excluding ortho intramolecular Hbond substituents is 1. The van der Waals surface area contributed by atoms with E-state index < -0.39 is 13.7 Å². The molecule has 2 saturated carbocycles. The number of nitrogens with one attached hydrogen (secondary N) is 2. The molecule has 5 rings (SSSR count). The van der Waals surface area contributed by atoms with Crippen LogP contribution in [0.4, 0.5) is 5.69 Å². The Kier molecular flexibility index (Phi) is 9.98. The van der Waals surface area contributed by atoms with Gasteiger partial charge in [0, 0.05) is 19.5 Å². The molecular weight excluding hydrogens is 601 g/mol. The van der Waals surface area contributed by atoms with Crippen molar-refractivity contribution in [2.75, 3.05) is 32.5 Å². The van der Waals surface area contributed by atoms with Crippen molar-refractivity contribution in [3.05, 3.63) is 47.0 Å². The SMILES string of the molecule is COc1ccc(N)c(O)c1C(=O)NCCCNC(=O)CCOC1CCC2C3CCc4cc(OP(=O)(O)O)ccc4C3CCC12C. The lowest BCUT2D eigenvalue weighted by Gasteiger charge is -2.50. The van der Waals surface area contributed by atoms with E-state index in [2.05, 4.69) is 17.6 Å². The Labute approximate surface area is 263 Å². The first-order chi connectivity index (χ1) is 21.4. The number of hydrogen-bond donors (Lipinski definition) is 6. The maximum Gasteiger partial charge on any atom is 0.524 e. The first-order valence-corrected chi connectivity index (χ1v) is 17.1. The number of nitrogen functional groups attached to an aromatic ring is 1. The second-order valence-corrected chi connectivity index (χ2v) is 13.8. The Morgan fingerprint density at radius 2 is 1.87 bits per heavy atom. The molecule has 2 aromatic rings. The van der Waals surface area contributed by atoms with E-state index in [1.165, 1.54) is 24.8 Å². The maximum absolute atomic E-state index is 12.5. The summed E-state index contributed by atoms with van der Waals surface area (Å²) in [5.74, 6) is 0.974. The van der Waals surface area contributed by atoms with Gasteiger partial charge in [-0.25, -0.2) is 4.57 Å². The molecule has 0 aromatic heterocycles. The van der Waals surface area contributed by atoms with Crippen molar-refractivity contribution in [2.45, 2.75) is 70.3 Å². The standard InChI is InChI=1S/C32H44N3O9P/c1-32-14-12-22-21-7-5-20(44-45(39,40)41)18-19(21)4-6-23(22)24(32)8-11-27(32)43-17-13-28(36)34-15-3-16-35-31(38)29-26(42-2)10-9-25(33)30(29)37/h5,7,9-10,18,22-24,27,37H,3-4,6,8,11-17,33H2,1-2H3,(H,34,36)(H,35,38)(H2,39,40,41).